The highest BCUT2D eigenvalue weighted by atomic mass is 79.9. The minimum Gasteiger partial charge on any atom is -0.507 e. The Morgan fingerprint density at radius 1 is 1.29 bits per heavy atom. The number of phenolic OH excluding ortho intramolecular Hbond substituents is 1. The predicted octanol–water partition coefficient (Wildman–Crippen LogP) is 3.10. The third-order valence-electron chi connectivity index (χ3n) is 3.12. The van der Waals surface area contributed by atoms with Gasteiger partial charge in [0.2, 0.25) is 0 Å². The molecule has 0 aliphatic carbocycles. The molecule has 1 aliphatic rings. The average molecular weight is 349 g/mol. The summed E-state index contributed by atoms with van der Waals surface area (Å²) in [4.78, 5) is 11.3. The summed E-state index contributed by atoms with van der Waals surface area (Å²) in [5.41, 5.74) is 2.57. The van der Waals surface area contributed by atoms with E-state index in [1.165, 1.54) is 0 Å². The van der Waals surface area contributed by atoms with Gasteiger partial charge in [-0.2, -0.15) is 0 Å². The molecule has 0 radical (unpaired) electrons. The normalized spacial score (nSPS) is 13.1. The first-order chi connectivity index (χ1) is 10.1. The second-order valence-electron chi connectivity index (χ2n) is 4.69. The Morgan fingerprint density at radius 3 is 2.95 bits per heavy atom. The molecule has 21 heavy (non-hydrogen) atoms. The van der Waals surface area contributed by atoms with E-state index >= 15 is 0 Å². The maximum Gasteiger partial charge on any atom is 0.262 e. The summed E-state index contributed by atoms with van der Waals surface area (Å²) in [6.07, 6.45) is 0. The van der Waals surface area contributed by atoms with E-state index in [9.17, 15) is 9.90 Å². The van der Waals surface area contributed by atoms with Gasteiger partial charge in [-0.05, 0) is 51.8 Å². The Bertz CT molecular complexity index is 703. The average Bonchev–Trinajstić information content (AvgIpc) is 2.48. The van der Waals surface area contributed by atoms with E-state index in [4.69, 9.17) is 4.74 Å². The highest BCUT2D eigenvalue weighted by molar-refractivity contribution is 9.10. The fourth-order valence-corrected chi connectivity index (χ4v) is 2.48. The number of nitrogens with one attached hydrogen (secondary N) is 2. The van der Waals surface area contributed by atoms with Crippen molar-refractivity contribution in [1.82, 2.24) is 0 Å². The van der Waals surface area contributed by atoms with Crippen molar-refractivity contribution in [3.63, 3.8) is 0 Å². The van der Waals surface area contributed by atoms with Gasteiger partial charge in [0.05, 0.1) is 10.2 Å². The number of rotatable bonds is 3. The summed E-state index contributed by atoms with van der Waals surface area (Å²) in [5.74, 6) is 0.738. The fourth-order valence-electron chi connectivity index (χ4n) is 2.06. The van der Waals surface area contributed by atoms with Gasteiger partial charge in [-0.25, -0.2) is 0 Å². The van der Waals surface area contributed by atoms with Crippen molar-refractivity contribution in [1.29, 1.82) is 0 Å². The standard InChI is InChI=1S/C15H13BrN2O3/c16-11-5-9(1-3-13(11)19)7-17-10-2-4-14-12(6-10)18-15(20)8-21-14/h1-6,17,19H,7-8H2,(H,18,20). The van der Waals surface area contributed by atoms with Crippen LogP contribution in [-0.4, -0.2) is 17.6 Å². The lowest BCUT2D eigenvalue weighted by molar-refractivity contribution is -0.118. The number of amides is 1. The van der Waals surface area contributed by atoms with Crippen molar-refractivity contribution < 1.29 is 14.6 Å². The van der Waals surface area contributed by atoms with Gasteiger partial charge in [0.25, 0.3) is 5.91 Å². The van der Waals surface area contributed by atoms with Crippen LogP contribution in [0.4, 0.5) is 11.4 Å². The van der Waals surface area contributed by atoms with Crippen molar-refractivity contribution in [2.75, 3.05) is 17.2 Å². The highest BCUT2D eigenvalue weighted by Crippen LogP contribution is 2.31. The molecule has 2 aromatic carbocycles. The quantitative estimate of drug-likeness (QED) is 0.796. The number of aromatic hydroxyl groups is 1. The van der Waals surface area contributed by atoms with Gasteiger partial charge in [0.15, 0.2) is 6.61 Å². The number of hydrogen-bond acceptors (Lipinski definition) is 4. The molecular weight excluding hydrogens is 336 g/mol. The zero-order chi connectivity index (χ0) is 14.8. The zero-order valence-electron chi connectivity index (χ0n) is 11.0. The van der Waals surface area contributed by atoms with Crippen molar-refractivity contribution in [2.24, 2.45) is 0 Å². The minimum absolute atomic E-state index is 0.0569. The number of benzene rings is 2. The number of fused-ring (bicyclic) bond motifs is 1. The first-order valence-corrected chi connectivity index (χ1v) is 7.19. The van der Waals surface area contributed by atoms with Gasteiger partial charge in [-0.1, -0.05) is 6.07 Å². The van der Waals surface area contributed by atoms with Gasteiger partial charge in [-0.15, -0.1) is 0 Å². The van der Waals surface area contributed by atoms with Crippen LogP contribution in [0.3, 0.4) is 0 Å². The number of carbonyl (C=O) groups is 1. The van der Waals surface area contributed by atoms with Gasteiger partial charge >= 0.3 is 0 Å². The Hall–Kier alpha value is -2.21. The van der Waals surface area contributed by atoms with E-state index in [1.807, 2.05) is 30.3 Å². The van der Waals surface area contributed by atoms with Crippen LogP contribution >= 0.6 is 15.9 Å². The number of anilines is 2. The van der Waals surface area contributed by atoms with Crippen molar-refractivity contribution in [3.8, 4) is 11.5 Å². The molecule has 0 bridgehead atoms. The molecule has 1 amide bonds. The van der Waals surface area contributed by atoms with Crippen LogP contribution in [0, 0.1) is 0 Å². The van der Waals surface area contributed by atoms with Crippen LogP contribution in [0.2, 0.25) is 0 Å². The van der Waals surface area contributed by atoms with E-state index in [1.54, 1.807) is 6.07 Å². The lowest BCUT2D eigenvalue weighted by Crippen LogP contribution is -2.25. The predicted molar refractivity (Wildman–Crippen MR) is 83.7 cm³/mol. The first kappa shape index (κ1) is 13.8. The number of hydrogen-bond donors (Lipinski definition) is 3. The summed E-state index contributed by atoms with van der Waals surface area (Å²) >= 11 is 3.29. The van der Waals surface area contributed by atoms with Gasteiger partial charge in [0, 0.05) is 12.2 Å². The van der Waals surface area contributed by atoms with Gasteiger partial charge in [-0.3, -0.25) is 4.79 Å². The largest absolute Gasteiger partial charge is 0.507 e. The molecule has 5 nitrogen and oxygen atoms in total. The second kappa shape index (κ2) is 5.65. The maximum atomic E-state index is 11.3. The fraction of sp³-hybridized carbons (Fsp3) is 0.133. The molecule has 0 unspecified atom stereocenters. The Morgan fingerprint density at radius 2 is 2.14 bits per heavy atom. The monoisotopic (exact) mass is 348 g/mol. The number of carbonyl (C=O) groups excluding carboxylic acids is 1. The molecule has 0 spiro atoms. The molecule has 6 heteroatoms. The van der Waals surface area contributed by atoms with E-state index in [0.717, 1.165) is 11.3 Å². The van der Waals surface area contributed by atoms with E-state index in [-0.39, 0.29) is 18.3 Å². The molecule has 0 fully saturated rings. The molecule has 3 N–H and O–H groups in total. The van der Waals surface area contributed by atoms with Crippen LogP contribution in [0.5, 0.6) is 11.5 Å². The first-order valence-electron chi connectivity index (χ1n) is 6.40. The third-order valence-corrected chi connectivity index (χ3v) is 3.76. The lowest BCUT2D eigenvalue weighted by atomic mass is 10.2. The molecule has 0 aromatic heterocycles. The topological polar surface area (TPSA) is 70.6 Å². The van der Waals surface area contributed by atoms with Crippen LogP contribution in [-0.2, 0) is 11.3 Å². The van der Waals surface area contributed by atoms with E-state index in [0.29, 0.717) is 22.5 Å². The Kier molecular flexibility index (Phi) is 3.70. The number of phenols is 1. The van der Waals surface area contributed by atoms with E-state index in [2.05, 4.69) is 26.6 Å². The molecule has 1 heterocycles. The Balaban J connectivity index is 1.72. The summed E-state index contributed by atoms with van der Waals surface area (Å²) < 4.78 is 5.97. The maximum absolute atomic E-state index is 11.3. The SMILES string of the molecule is O=C1COc2ccc(NCc3ccc(O)c(Br)c3)cc2N1. The summed E-state index contributed by atoms with van der Waals surface area (Å²) in [7, 11) is 0. The highest BCUT2D eigenvalue weighted by Gasteiger charge is 2.15. The number of ether oxygens (including phenoxy) is 1. The van der Waals surface area contributed by atoms with Crippen LogP contribution in [0.25, 0.3) is 0 Å². The molecule has 0 atom stereocenters. The van der Waals surface area contributed by atoms with Crippen molar-refractivity contribution in [3.05, 3.63) is 46.4 Å². The molecular formula is C15H13BrN2O3. The third kappa shape index (κ3) is 3.11. The second-order valence-corrected chi connectivity index (χ2v) is 5.54. The molecule has 2 aromatic rings. The molecule has 0 saturated carbocycles. The summed E-state index contributed by atoms with van der Waals surface area (Å²) in [5, 5.41) is 15.5. The van der Waals surface area contributed by atoms with Crippen LogP contribution in [0.15, 0.2) is 40.9 Å². The van der Waals surface area contributed by atoms with Crippen LogP contribution < -0.4 is 15.4 Å². The minimum atomic E-state index is -0.151. The number of halogens is 1. The molecule has 0 saturated heterocycles. The lowest BCUT2D eigenvalue weighted by Gasteiger charge is -2.19. The van der Waals surface area contributed by atoms with Gasteiger partial charge in [0.1, 0.15) is 11.5 Å². The molecule has 1 aliphatic heterocycles. The summed E-state index contributed by atoms with van der Waals surface area (Å²) in [6, 6.07) is 10.9. The smallest absolute Gasteiger partial charge is 0.262 e. The summed E-state index contributed by atoms with van der Waals surface area (Å²) in [6.45, 7) is 0.660. The van der Waals surface area contributed by atoms with Gasteiger partial charge < -0.3 is 20.5 Å². The van der Waals surface area contributed by atoms with Crippen molar-refractivity contribution in [2.45, 2.75) is 6.54 Å². The Labute approximate surface area is 130 Å². The van der Waals surface area contributed by atoms with Crippen molar-refractivity contribution >= 4 is 33.2 Å². The zero-order valence-corrected chi connectivity index (χ0v) is 12.6. The molecule has 3 rings (SSSR count). The van der Waals surface area contributed by atoms with E-state index < -0.39 is 0 Å². The van der Waals surface area contributed by atoms with Crippen LogP contribution in [0.1, 0.15) is 5.56 Å². The molecule has 108 valence electrons.